The van der Waals surface area contributed by atoms with Gasteiger partial charge in [0.25, 0.3) is 11.8 Å². The maximum atomic E-state index is 13.1. The van der Waals surface area contributed by atoms with Crippen molar-refractivity contribution in [2.24, 2.45) is 5.92 Å². The molecule has 6 nitrogen and oxygen atoms in total. The van der Waals surface area contributed by atoms with Crippen LogP contribution >= 0.6 is 0 Å². The summed E-state index contributed by atoms with van der Waals surface area (Å²) >= 11 is 0. The summed E-state index contributed by atoms with van der Waals surface area (Å²) < 4.78 is 1.66. The fourth-order valence-electron chi connectivity index (χ4n) is 3.26. The maximum absolute atomic E-state index is 13.1. The summed E-state index contributed by atoms with van der Waals surface area (Å²) in [4.78, 5) is 30.2. The molecule has 0 radical (unpaired) electrons. The van der Waals surface area contributed by atoms with Crippen LogP contribution in [0.2, 0.25) is 0 Å². The van der Waals surface area contributed by atoms with Gasteiger partial charge < -0.3 is 10.6 Å². The van der Waals surface area contributed by atoms with Crippen molar-refractivity contribution in [2.45, 2.75) is 40.5 Å². The number of hydrogen-bond donors (Lipinski definition) is 2. The highest BCUT2D eigenvalue weighted by molar-refractivity contribution is 6.06. The van der Waals surface area contributed by atoms with Crippen molar-refractivity contribution < 1.29 is 9.59 Å². The summed E-state index contributed by atoms with van der Waals surface area (Å²) in [7, 11) is 0. The Morgan fingerprint density at radius 1 is 1.03 bits per heavy atom. The van der Waals surface area contributed by atoms with Crippen molar-refractivity contribution in [3.05, 3.63) is 65.2 Å². The van der Waals surface area contributed by atoms with E-state index in [4.69, 9.17) is 0 Å². The zero-order chi connectivity index (χ0) is 21.1. The summed E-state index contributed by atoms with van der Waals surface area (Å²) in [6.45, 7) is 10.8. The lowest BCUT2D eigenvalue weighted by Crippen LogP contribution is -2.27. The molecule has 3 rings (SSSR count). The molecule has 0 saturated heterocycles. The summed E-state index contributed by atoms with van der Waals surface area (Å²) in [6, 6.07) is 11.4. The fraction of sp³-hybridized carbons (Fsp3) is 0.348. The van der Waals surface area contributed by atoms with Crippen LogP contribution in [0.4, 0.5) is 5.69 Å². The van der Waals surface area contributed by atoms with E-state index in [0.29, 0.717) is 18.0 Å². The molecule has 2 N–H and O–H groups in total. The number of aromatic nitrogens is 2. The molecule has 29 heavy (non-hydrogen) atoms. The molecule has 2 amide bonds. The predicted molar refractivity (Wildman–Crippen MR) is 116 cm³/mol. The van der Waals surface area contributed by atoms with Crippen molar-refractivity contribution in [2.75, 3.05) is 11.9 Å². The van der Waals surface area contributed by atoms with E-state index >= 15 is 0 Å². The van der Waals surface area contributed by atoms with Crippen LogP contribution in [0.5, 0.6) is 0 Å². The van der Waals surface area contributed by atoms with Crippen molar-refractivity contribution in [1.29, 1.82) is 0 Å². The number of aryl methyl sites for hydroxylation is 1. The van der Waals surface area contributed by atoms with Gasteiger partial charge in [0.05, 0.1) is 5.52 Å². The number of amides is 2. The topological polar surface area (TPSA) is 75.5 Å². The van der Waals surface area contributed by atoms with Crippen LogP contribution in [0.25, 0.3) is 5.52 Å². The molecule has 2 aromatic heterocycles. The molecule has 0 spiro atoms. The van der Waals surface area contributed by atoms with Crippen LogP contribution in [0.1, 0.15) is 65.8 Å². The van der Waals surface area contributed by atoms with Gasteiger partial charge in [-0.05, 0) is 42.0 Å². The summed E-state index contributed by atoms with van der Waals surface area (Å²) in [5, 5.41) is 5.90. The summed E-state index contributed by atoms with van der Waals surface area (Å²) in [5.41, 5.74) is 3.71. The molecule has 152 valence electrons. The number of imidazole rings is 1. The largest absolute Gasteiger partial charge is 0.350 e. The molecule has 0 unspecified atom stereocenters. The first kappa shape index (κ1) is 20.6. The second-order valence-electron chi connectivity index (χ2n) is 7.99. The van der Waals surface area contributed by atoms with Crippen LogP contribution in [-0.4, -0.2) is 27.7 Å². The van der Waals surface area contributed by atoms with Gasteiger partial charge in [-0.2, -0.15) is 0 Å². The molecule has 0 aliphatic heterocycles. The molecule has 3 aromatic rings. The Morgan fingerprint density at radius 2 is 1.79 bits per heavy atom. The minimum Gasteiger partial charge on any atom is -0.350 e. The molecule has 0 bridgehead atoms. The fourth-order valence-corrected chi connectivity index (χ4v) is 3.26. The molecule has 0 atom stereocenters. The molecule has 0 aliphatic rings. The van der Waals surface area contributed by atoms with E-state index in [1.54, 1.807) is 16.7 Å². The Kier molecular flexibility index (Phi) is 6.01. The van der Waals surface area contributed by atoms with Gasteiger partial charge in [-0.3, -0.25) is 14.0 Å². The second-order valence-corrected chi connectivity index (χ2v) is 7.99. The van der Waals surface area contributed by atoms with E-state index in [1.807, 2.05) is 51.1 Å². The number of benzene rings is 1. The van der Waals surface area contributed by atoms with Gasteiger partial charge in [0.2, 0.25) is 5.82 Å². The minimum atomic E-state index is -0.342. The quantitative estimate of drug-likeness (QED) is 0.653. The minimum absolute atomic E-state index is 0.188. The van der Waals surface area contributed by atoms with Gasteiger partial charge in [0.1, 0.15) is 0 Å². The Hall–Kier alpha value is -3.15. The molecule has 0 fully saturated rings. The van der Waals surface area contributed by atoms with Crippen molar-refractivity contribution >= 4 is 23.0 Å². The number of pyridine rings is 1. The first-order valence-electron chi connectivity index (χ1n) is 9.95. The van der Waals surface area contributed by atoms with Gasteiger partial charge in [0, 0.05) is 18.4 Å². The first-order valence-corrected chi connectivity index (χ1v) is 9.95. The van der Waals surface area contributed by atoms with Gasteiger partial charge in [0.15, 0.2) is 5.69 Å². The average Bonchev–Trinajstić information content (AvgIpc) is 3.07. The van der Waals surface area contributed by atoms with Crippen LogP contribution < -0.4 is 10.6 Å². The van der Waals surface area contributed by atoms with E-state index in [9.17, 15) is 9.59 Å². The Balaban J connectivity index is 1.99. The van der Waals surface area contributed by atoms with Crippen LogP contribution in [-0.2, 0) is 0 Å². The third-order valence-corrected chi connectivity index (χ3v) is 4.80. The summed E-state index contributed by atoms with van der Waals surface area (Å²) in [5.74, 6) is 0.157. The third-order valence-electron chi connectivity index (χ3n) is 4.80. The van der Waals surface area contributed by atoms with Crippen LogP contribution in [0, 0.1) is 12.8 Å². The van der Waals surface area contributed by atoms with Crippen molar-refractivity contribution in [1.82, 2.24) is 14.7 Å². The van der Waals surface area contributed by atoms with E-state index in [2.05, 4.69) is 29.5 Å². The lowest BCUT2D eigenvalue weighted by molar-refractivity contribution is 0.0946. The van der Waals surface area contributed by atoms with Gasteiger partial charge in [-0.1, -0.05) is 52.0 Å². The van der Waals surface area contributed by atoms with Crippen LogP contribution in [0.3, 0.4) is 0 Å². The maximum Gasteiger partial charge on any atom is 0.292 e. The molecular formula is C23H28N4O2. The standard InChI is InChI=1S/C23H28N4O2/c1-14(2)13-24-22(28)20-18-11-6-7-12-27(18)21(25-20)23(29)26-19-16(5)9-8-10-17(19)15(3)4/h6-12,14-15H,13H2,1-5H3,(H,24,28)(H,26,29). The van der Waals surface area contributed by atoms with Gasteiger partial charge >= 0.3 is 0 Å². The molecular weight excluding hydrogens is 364 g/mol. The van der Waals surface area contributed by atoms with Gasteiger partial charge in [-0.25, -0.2) is 4.98 Å². The van der Waals surface area contributed by atoms with E-state index in [0.717, 1.165) is 16.8 Å². The Morgan fingerprint density at radius 3 is 2.48 bits per heavy atom. The Labute approximate surface area is 171 Å². The first-order chi connectivity index (χ1) is 13.8. The highest BCUT2D eigenvalue weighted by Crippen LogP contribution is 2.28. The number of nitrogens with one attached hydrogen (secondary N) is 2. The number of carbonyl (C=O) groups is 2. The zero-order valence-electron chi connectivity index (χ0n) is 17.6. The van der Waals surface area contributed by atoms with E-state index < -0.39 is 0 Å². The number of para-hydroxylation sites is 1. The average molecular weight is 393 g/mol. The molecule has 1 aromatic carbocycles. The number of fused-ring (bicyclic) bond motifs is 1. The SMILES string of the molecule is Cc1cccc(C(C)C)c1NC(=O)c1nc(C(=O)NCC(C)C)c2ccccn12. The highest BCUT2D eigenvalue weighted by Gasteiger charge is 2.22. The number of hydrogen-bond acceptors (Lipinski definition) is 3. The molecule has 2 heterocycles. The van der Waals surface area contributed by atoms with Crippen LogP contribution in [0.15, 0.2) is 42.6 Å². The third kappa shape index (κ3) is 4.31. The predicted octanol–water partition coefficient (Wildman–Crippen LogP) is 4.40. The van der Waals surface area contributed by atoms with Crippen molar-refractivity contribution in [3.63, 3.8) is 0 Å². The zero-order valence-corrected chi connectivity index (χ0v) is 17.6. The molecule has 0 aliphatic carbocycles. The van der Waals surface area contributed by atoms with Crippen molar-refractivity contribution in [3.8, 4) is 0 Å². The number of anilines is 1. The lowest BCUT2D eigenvalue weighted by Gasteiger charge is -2.16. The monoisotopic (exact) mass is 392 g/mol. The molecule has 6 heteroatoms. The molecule has 0 saturated carbocycles. The summed E-state index contributed by atoms with van der Waals surface area (Å²) in [6.07, 6.45) is 1.75. The Bertz CT molecular complexity index is 1050. The highest BCUT2D eigenvalue weighted by atomic mass is 16.2. The lowest BCUT2D eigenvalue weighted by atomic mass is 9.98. The smallest absolute Gasteiger partial charge is 0.292 e. The number of nitrogens with zero attached hydrogens (tertiary/aromatic N) is 2. The van der Waals surface area contributed by atoms with E-state index in [-0.39, 0.29) is 29.3 Å². The van der Waals surface area contributed by atoms with Gasteiger partial charge in [-0.15, -0.1) is 0 Å². The number of rotatable bonds is 6. The normalized spacial score (nSPS) is 11.3. The second kappa shape index (κ2) is 8.47. The number of carbonyl (C=O) groups excluding carboxylic acids is 2. The van der Waals surface area contributed by atoms with E-state index in [1.165, 1.54) is 0 Å².